The van der Waals surface area contributed by atoms with Crippen molar-refractivity contribution >= 4 is 11.3 Å². The van der Waals surface area contributed by atoms with Crippen LogP contribution in [-0.4, -0.2) is 12.0 Å². The third-order valence-electron chi connectivity index (χ3n) is 2.97. The first-order valence-corrected chi connectivity index (χ1v) is 7.26. The van der Waals surface area contributed by atoms with E-state index in [1.807, 2.05) is 7.05 Å². The highest BCUT2D eigenvalue weighted by Crippen LogP contribution is 2.28. The van der Waals surface area contributed by atoms with Gasteiger partial charge in [-0.15, -0.1) is 11.3 Å². The number of benzene rings is 1. The van der Waals surface area contributed by atoms with Crippen LogP contribution in [0.3, 0.4) is 0 Å². The number of rotatable bonds is 5. The molecule has 0 saturated heterocycles. The normalized spacial score (nSPS) is 10.8. The molecule has 18 heavy (non-hydrogen) atoms. The van der Waals surface area contributed by atoms with E-state index in [0.717, 1.165) is 23.7 Å². The zero-order chi connectivity index (χ0) is 13.0. The number of aryl methyl sites for hydroxylation is 2. The van der Waals surface area contributed by atoms with Gasteiger partial charge in [-0.2, -0.15) is 0 Å². The molecule has 2 nitrogen and oxygen atoms in total. The monoisotopic (exact) mass is 260 g/mol. The highest BCUT2D eigenvalue weighted by molar-refractivity contribution is 7.15. The van der Waals surface area contributed by atoms with E-state index in [4.69, 9.17) is 0 Å². The van der Waals surface area contributed by atoms with E-state index in [1.165, 1.54) is 22.4 Å². The molecule has 96 valence electrons. The fraction of sp³-hybridized carbons (Fsp3) is 0.400. The lowest BCUT2D eigenvalue weighted by atomic mass is 10.1. The van der Waals surface area contributed by atoms with Crippen molar-refractivity contribution in [2.75, 3.05) is 7.05 Å². The van der Waals surface area contributed by atoms with E-state index in [-0.39, 0.29) is 0 Å². The molecule has 0 saturated carbocycles. The van der Waals surface area contributed by atoms with Crippen molar-refractivity contribution in [2.24, 2.45) is 0 Å². The molecule has 0 amide bonds. The highest BCUT2D eigenvalue weighted by Gasteiger charge is 2.08. The number of aromatic nitrogens is 1. The lowest BCUT2D eigenvalue weighted by molar-refractivity contribution is 0.823. The highest BCUT2D eigenvalue weighted by atomic mass is 32.1. The Balaban J connectivity index is 2.22. The van der Waals surface area contributed by atoms with Gasteiger partial charge in [0.1, 0.15) is 5.01 Å². The van der Waals surface area contributed by atoms with Crippen LogP contribution in [0.5, 0.6) is 0 Å². The number of nitrogens with zero attached hydrogens (tertiary/aromatic N) is 1. The lowest BCUT2D eigenvalue weighted by Crippen LogP contribution is -2.04. The molecular formula is C15H20N2S. The van der Waals surface area contributed by atoms with Crippen LogP contribution in [-0.2, 0) is 13.0 Å². The molecular weight excluding hydrogens is 240 g/mol. The van der Waals surface area contributed by atoms with Crippen LogP contribution in [0.2, 0.25) is 0 Å². The van der Waals surface area contributed by atoms with Gasteiger partial charge in [-0.1, -0.05) is 37.6 Å². The summed E-state index contributed by atoms with van der Waals surface area (Å²) in [6.45, 7) is 5.19. The minimum atomic E-state index is 0.900. The quantitative estimate of drug-likeness (QED) is 0.884. The molecule has 2 aromatic rings. The van der Waals surface area contributed by atoms with Crippen molar-refractivity contribution in [3.8, 4) is 10.6 Å². The Kier molecular flexibility index (Phi) is 4.50. The van der Waals surface area contributed by atoms with E-state index in [2.05, 4.69) is 48.4 Å². The van der Waals surface area contributed by atoms with Gasteiger partial charge in [0, 0.05) is 17.0 Å². The molecule has 0 aliphatic carbocycles. The molecule has 2 rings (SSSR count). The summed E-state index contributed by atoms with van der Waals surface area (Å²) in [6.07, 6.45) is 2.35. The Hall–Kier alpha value is -1.19. The first-order chi connectivity index (χ1) is 8.74. The summed E-state index contributed by atoms with van der Waals surface area (Å²) in [5.74, 6) is 0. The largest absolute Gasteiger partial charge is 0.315 e. The molecule has 0 aliphatic heterocycles. The van der Waals surface area contributed by atoms with Crippen LogP contribution in [0, 0.1) is 6.92 Å². The maximum atomic E-state index is 4.65. The van der Waals surface area contributed by atoms with Crippen LogP contribution in [0.25, 0.3) is 10.6 Å². The van der Waals surface area contributed by atoms with Crippen molar-refractivity contribution in [3.63, 3.8) is 0 Å². The maximum absolute atomic E-state index is 4.65. The standard InChI is InChI=1S/C15H20N2S/c1-4-5-12-6-8-13(9-7-12)15-17-11(2)14(18-15)10-16-3/h6-9,16H,4-5,10H2,1-3H3. The second-order valence-corrected chi connectivity index (χ2v) is 5.59. The molecule has 0 fully saturated rings. The van der Waals surface area contributed by atoms with Gasteiger partial charge in [-0.05, 0) is 26.0 Å². The second-order valence-electron chi connectivity index (χ2n) is 4.50. The topological polar surface area (TPSA) is 24.9 Å². The second kappa shape index (κ2) is 6.12. The average Bonchev–Trinajstić information content (AvgIpc) is 2.73. The van der Waals surface area contributed by atoms with Gasteiger partial charge in [-0.25, -0.2) is 4.98 Å². The van der Waals surface area contributed by atoms with Crippen molar-refractivity contribution in [1.82, 2.24) is 10.3 Å². The zero-order valence-electron chi connectivity index (χ0n) is 11.3. The van der Waals surface area contributed by atoms with Crippen LogP contribution >= 0.6 is 11.3 Å². The third-order valence-corrected chi connectivity index (χ3v) is 4.18. The fourth-order valence-electron chi connectivity index (χ4n) is 1.98. The van der Waals surface area contributed by atoms with Gasteiger partial charge in [0.2, 0.25) is 0 Å². The van der Waals surface area contributed by atoms with Crippen LogP contribution in [0.1, 0.15) is 29.5 Å². The number of thiazole rings is 1. The Labute approximate surface area is 113 Å². The van der Waals surface area contributed by atoms with Crippen LogP contribution in [0.15, 0.2) is 24.3 Å². The lowest BCUT2D eigenvalue weighted by Gasteiger charge is -2.00. The number of hydrogen-bond acceptors (Lipinski definition) is 3. The fourth-order valence-corrected chi connectivity index (χ4v) is 3.06. The van der Waals surface area contributed by atoms with E-state index >= 15 is 0 Å². The minimum absolute atomic E-state index is 0.900. The average molecular weight is 260 g/mol. The van der Waals surface area contributed by atoms with Gasteiger partial charge in [0.05, 0.1) is 5.69 Å². The van der Waals surface area contributed by atoms with Gasteiger partial charge in [0.25, 0.3) is 0 Å². The van der Waals surface area contributed by atoms with Gasteiger partial charge in [0.15, 0.2) is 0 Å². The predicted molar refractivity (Wildman–Crippen MR) is 79.0 cm³/mol. The maximum Gasteiger partial charge on any atom is 0.123 e. The molecule has 1 heterocycles. The van der Waals surface area contributed by atoms with Crippen molar-refractivity contribution in [3.05, 3.63) is 40.4 Å². The van der Waals surface area contributed by atoms with Crippen molar-refractivity contribution in [2.45, 2.75) is 33.2 Å². The smallest absolute Gasteiger partial charge is 0.123 e. The number of hydrogen-bond donors (Lipinski definition) is 1. The van der Waals surface area contributed by atoms with E-state index < -0.39 is 0 Å². The van der Waals surface area contributed by atoms with E-state index in [9.17, 15) is 0 Å². The molecule has 0 atom stereocenters. The molecule has 0 bridgehead atoms. The minimum Gasteiger partial charge on any atom is -0.315 e. The summed E-state index contributed by atoms with van der Waals surface area (Å²) in [4.78, 5) is 5.98. The Morgan fingerprint density at radius 1 is 1.22 bits per heavy atom. The summed E-state index contributed by atoms with van der Waals surface area (Å²) in [5, 5.41) is 4.31. The van der Waals surface area contributed by atoms with Crippen LogP contribution < -0.4 is 5.32 Å². The molecule has 0 spiro atoms. The van der Waals surface area contributed by atoms with Gasteiger partial charge >= 0.3 is 0 Å². The zero-order valence-corrected chi connectivity index (χ0v) is 12.1. The Bertz CT molecular complexity index is 500. The molecule has 0 radical (unpaired) electrons. The summed E-state index contributed by atoms with van der Waals surface area (Å²) in [5.41, 5.74) is 3.78. The summed E-state index contributed by atoms with van der Waals surface area (Å²) < 4.78 is 0. The third kappa shape index (κ3) is 2.98. The Morgan fingerprint density at radius 3 is 2.56 bits per heavy atom. The van der Waals surface area contributed by atoms with E-state index in [1.54, 1.807) is 11.3 Å². The molecule has 0 aliphatic rings. The number of nitrogens with one attached hydrogen (secondary N) is 1. The summed E-state index contributed by atoms with van der Waals surface area (Å²) >= 11 is 1.78. The van der Waals surface area contributed by atoms with Gasteiger partial charge in [-0.3, -0.25) is 0 Å². The molecule has 1 aromatic carbocycles. The molecule has 1 N–H and O–H groups in total. The first-order valence-electron chi connectivity index (χ1n) is 6.44. The molecule has 3 heteroatoms. The van der Waals surface area contributed by atoms with Gasteiger partial charge < -0.3 is 5.32 Å². The summed E-state index contributed by atoms with van der Waals surface area (Å²) in [7, 11) is 1.97. The summed E-state index contributed by atoms with van der Waals surface area (Å²) in [6, 6.07) is 8.81. The molecule has 1 aromatic heterocycles. The molecule has 0 unspecified atom stereocenters. The van der Waals surface area contributed by atoms with E-state index in [0.29, 0.717) is 0 Å². The predicted octanol–water partition coefficient (Wildman–Crippen LogP) is 3.79. The first kappa shape index (κ1) is 13.2. The SMILES string of the molecule is CCCc1ccc(-c2nc(C)c(CNC)s2)cc1. The van der Waals surface area contributed by atoms with Crippen LogP contribution in [0.4, 0.5) is 0 Å². The van der Waals surface area contributed by atoms with Crippen molar-refractivity contribution in [1.29, 1.82) is 0 Å². The van der Waals surface area contributed by atoms with Crippen molar-refractivity contribution < 1.29 is 0 Å². The Morgan fingerprint density at radius 2 is 1.94 bits per heavy atom.